The maximum absolute atomic E-state index is 5.82. The van der Waals surface area contributed by atoms with Crippen LogP contribution in [0.4, 0.5) is 0 Å². The zero-order valence-electron chi connectivity index (χ0n) is 9.76. The molecule has 0 aliphatic carbocycles. The lowest BCUT2D eigenvalue weighted by Gasteiger charge is -2.21. The summed E-state index contributed by atoms with van der Waals surface area (Å²) in [7, 11) is 0. The summed E-state index contributed by atoms with van der Waals surface area (Å²) < 4.78 is 1.29. The van der Waals surface area contributed by atoms with Crippen LogP contribution in [0.25, 0.3) is 0 Å². The van der Waals surface area contributed by atoms with Crippen LogP contribution in [0.5, 0.6) is 0 Å². The number of hydrogen-bond donors (Lipinski definition) is 0. The van der Waals surface area contributed by atoms with Gasteiger partial charge in [-0.3, -0.25) is 4.90 Å². The molecule has 0 bridgehead atoms. The van der Waals surface area contributed by atoms with E-state index in [1.54, 1.807) is 0 Å². The second-order valence-corrected chi connectivity index (χ2v) is 5.57. The van der Waals surface area contributed by atoms with Crippen molar-refractivity contribution in [2.75, 3.05) is 19.0 Å². The Labute approximate surface area is 117 Å². The maximum Gasteiger partial charge on any atom is 0.0351 e. The van der Waals surface area contributed by atoms with E-state index in [1.807, 2.05) is 0 Å². The highest BCUT2D eigenvalue weighted by molar-refractivity contribution is 14.1. The first-order chi connectivity index (χ1) is 7.76. The Hall–Kier alpha value is 0.200. The summed E-state index contributed by atoms with van der Waals surface area (Å²) in [5.74, 6) is 0.716. The molecule has 3 heteroatoms. The number of nitrogens with zero attached hydrogens (tertiary/aromatic N) is 1. The number of rotatable bonds is 7. The summed E-state index contributed by atoms with van der Waals surface area (Å²) >= 11 is 8.16. The molecule has 1 nitrogen and oxygen atoms in total. The van der Waals surface area contributed by atoms with Gasteiger partial charge in [0.25, 0.3) is 0 Å². The van der Waals surface area contributed by atoms with Gasteiger partial charge in [0.2, 0.25) is 0 Å². The van der Waals surface area contributed by atoms with Gasteiger partial charge in [-0.25, -0.2) is 0 Å². The number of hydrogen-bond acceptors (Lipinski definition) is 1. The molecule has 16 heavy (non-hydrogen) atoms. The molecular formula is C13H19ClIN. The smallest absolute Gasteiger partial charge is 0.0351 e. The molecule has 0 saturated heterocycles. The molecule has 1 aromatic carbocycles. The fraction of sp³-hybridized carbons (Fsp3) is 0.538. The fourth-order valence-corrected chi connectivity index (χ4v) is 2.22. The highest BCUT2D eigenvalue weighted by Crippen LogP contribution is 2.10. The van der Waals surface area contributed by atoms with Crippen molar-refractivity contribution in [1.29, 1.82) is 0 Å². The summed E-state index contributed by atoms with van der Waals surface area (Å²) in [6, 6.07) is 8.73. The van der Waals surface area contributed by atoms with Gasteiger partial charge in [-0.2, -0.15) is 0 Å². The molecule has 0 N–H and O–H groups in total. The lowest BCUT2D eigenvalue weighted by atomic mass is 10.2. The van der Waals surface area contributed by atoms with E-state index < -0.39 is 0 Å². The van der Waals surface area contributed by atoms with E-state index in [2.05, 4.69) is 58.7 Å². The highest BCUT2D eigenvalue weighted by atomic mass is 127. The second-order valence-electron chi connectivity index (χ2n) is 3.95. The molecule has 0 unspecified atom stereocenters. The molecule has 1 aromatic rings. The Morgan fingerprint density at radius 1 is 1.19 bits per heavy atom. The molecular weight excluding hydrogens is 333 g/mol. The van der Waals surface area contributed by atoms with E-state index >= 15 is 0 Å². The Kier molecular flexibility index (Phi) is 7.41. The lowest BCUT2D eigenvalue weighted by Crippen LogP contribution is -2.26. The first kappa shape index (κ1) is 14.3. The van der Waals surface area contributed by atoms with Crippen LogP contribution in [-0.2, 0) is 6.54 Å². The zero-order chi connectivity index (χ0) is 11.8. The molecule has 0 spiro atoms. The van der Waals surface area contributed by atoms with Crippen LogP contribution in [-0.4, -0.2) is 23.9 Å². The first-order valence-corrected chi connectivity index (χ1v) is 7.40. The summed E-state index contributed by atoms with van der Waals surface area (Å²) in [5.41, 5.74) is 1.38. The second kappa shape index (κ2) is 8.31. The summed E-state index contributed by atoms with van der Waals surface area (Å²) in [6.07, 6.45) is 2.49. The van der Waals surface area contributed by atoms with Gasteiger partial charge in [0.1, 0.15) is 0 Å². The predicted octanol–water partition coefficient (Wildman–Crippen LogP) is 4.13. The normalized spacial score (nSPS) is 11.0. The van der Waals surface area contributed by atoms with Gasteiger partial charge in [0.05, 0.1) is 0 Å². The number of benzene rings is 1. The largest absolute Gasteiger partial charge is 0.298 e. The Morgan fingerprint density at radius 2 is 1.88 bits per heavy atom. The molecule has 0 atom stereocenters. The van der Waals surface area contributed by atoms with Crippen LogP contribution in [0.15, 0.2) is 24.3 Å². The van der Waals surface area contributed by atoms with Gasteiger partial charge in [0, 0.05) is 22.5 Å². The quantitative estimate of drug-likeness (QED) is 0.527. The van der Waals surface area contributed by atoms with Crippen LogP contribution in [0.1, 0.15) is 25.3 Å². The molecule has 90 valence electrons. The molecule has 1 rings (SSSR count). The standard InChI is InChI=1S/C13H19ClIN/c1-2-3-9-16(10-8-14)11-12-4-6-13(15)7-5-12/h4-7H,2-3,8-11H2,1H3. The van der Waals surface area contributed by atoms with Gasteiger partial charge in [-0.15, -0.1) is 11.6 Å². The Balaban J connectivity index is 2.49. The zero-order valence-corrected chi connectivity index (χ0v) is 12.7. The fourth-order valence-electron chi connectivity index (χ4n) is 1.62. The SMILES string of the molecule is CCCCN(CCCl)Cc1ccc(I)cc1. The van der Waals surface area contributed by atoms with Crippen LogP contribution in [0, 0.1) is 3.57 Å². The predicted molar refractivity (Wildman–Crippen MR) is 80.1 cm³/mol. The third kappa shape index (κ3) is 5.51. The molecule has 0 aliphatic heterocycles. The monoisotopic (exact) mass is 351 g/mol. The number of unbranched alkanes of at least 4 members (excludes halogenated alkanes) is 1. The number of alkyl halides is 1. The molecule has 0 saturated carbocycles. The average molecular weight is 352 g/mol. The minimum absolute atomic E-state index is 0.716. The van der Waals surface area contributed by atoms with E-state index in [4.69, 9.17) is 11.6 Å². The van der Waals surface area contributed by atoms with Gasteiger partial charge in [-0.1, -0.05) is 25.5 Å². The topological polar surface area (TPSA) is 3.24 Å². The van der Waals surface area contributed by atoms with Crippen LogP contribution >= 0.6 is 34.2 Å². The van der Waals surface area contributed by atoms with Crippen LogP contribution in [0.2, 0.25) is 0 Å². The third-order valence-corrected chi connectivity index (χ3v) is 3.44. The lowest BCUT2D eigenvalue weighted by molar-refractivity contribution is 0.277. The average Bonchev–Trinajstić information content (AvgIpc) is 2.29. The van der Waals surface area contributed by atoms with Crippen molar-refractivity contribution < 1.29 is 0 Å². The highest BCUT2D eigenvalue weighted by Gasteiger charge is 2.04. The van der Waals surface area contributed by atoms with Gasteiger partial charge in [0.15, 0.2) is 0 Å². The van der Waals surface area contributed by atoms with E-state index in [0.717, 1.165) is 19.6 Å². The summed E-state index contributed by atoms with van der Waals surface area (Å²) in [5, 5.41) is 0. The van der Waals surface area contributed by atoms with Crippen LogP contribution < -0.4 is 0 Å². The molecule has 0 radical (unpaired) electrons. The van der Waals surface area contributed by atoms with Crippen LogP contribution in [0.3, 0.4) is 0 Å². The van der Waals surface area contributed by atoms with Crippen molar-refractivity contribution in [2.45, 2.75) is 26.3 Å². The van der Waals surface area contributed by atoms with E-state index in [9.17, 15) is 0 Å². The molecule has 0 fully saturated rings. The van der Waals surface area contributed by atoms with Crippen molar-refractivity contribution in [3.8, 4) is 0 Å². The summed E-state index contributed by atoms with van der Waals surface area (Å²) in [4.78, 5) is 2.43. The van der Waals surface area contributed by atoms with E-state index in [1.165, 1.54) is 22.0 Å². The third-order valence-electron chi connectivity index (χ3n) is 2.55. The summed E-state index contributed by atoms with van der Waals surface area (Å²) in [6.45, 7) is 5.37. The van der Waals surface area contributed by atoms with Crippen molar-refractivity contribution in [3.63, 3.8) is 0 Å². The maximum atomic E-state index is 5.82. The van der Waals surface area contributed by atoms with Gasteiger partial charge in [-0.05, 0) is 53.3 Å². The van der Waals surface area contributed by atoms with E-state index in [0.29, 0.717) is 5.88 Å². The molecule has 0 aliphatic rings. The number of halogens is 2. The molecule has 0 aromatic heterocycles. The van der Waals surface area contributed by atoms with Gasteiger partial charge < -0.3 is 0 Å². The van der Waals surface area contributed by atoms with Crippen molar-refractivity contribution in [3.05, 3.63) is 33.4 Å². The minimum atomic E-state index is 0.716. The van der Waals surface area contributed by atoms with Crippen molar-refractivity contribution >= 4 is 34.2 Å². The first-order valence-electron chi connectivity index (χ1n) is 5.79. The van der Waals surface area contributed by atoms with Gasteiger partial charge >= 0.3 is 0 Å². The molecule has 0 heterocycles. The van der Waals surface area contributed by atoms with Crippen molar-refractivity contribution in [2.24, 2.45) is 0 Å². The minimum Gasteiger partial charge on any atom is -0.298 e. The Morgan fingerprint density at radius 3 is 2.44 bits per heavy atom. The Bertz CT molecular complexity index is 286. The van der Waals surface area contributed by atoms with Crippen molar-refractivity contribution in [1.82, 2.24) is 4.90 Å². The van der Waals surface area contributed by atoms with E-state index in [-0.39, 0.29) is 0 Å². The molecule has 0 amide bonds.